The van der Waals surface area contributed by atoms with Crippen LogP contribution in [0.2, 0.25) is 0 Å². The van der Waals surface area contributed by atoms with Gasteiger partial charge in [-0.05, 0) is 43.3 Å². The topological polar surface area (TPSA) is 84.9 Å². The number of nitrogens with one attached hydrogen (secondary N) is 1. The maximum atomic E-state index is 13.3. The summed E-state index contributed by atoms with van der Waals surface area (Å²) in [7, 11) is -3.93. The maximum Gasteiger partial charge on any atom is 0.264 e. The van der Waals surface area contributed by atoms with Crippen LogP contribution >= 0.6 is 0 Å². The number of hydrogen-bond donors (Lipinski definition) is 1. The number of fused-ring (bicyclic) bond motifs is 1. The second-order valence-corrected chi connectivity index (χ2v) is 9.32. The Balaban J connectivity index is 1.47. The van der Waals surface area contributed by atoms with Crippen LogP contribution in [-0.4, -0.2) is 40.1 Å². The van der Waals surface area contributed by atoms with E-state index in [1.54, 1.807) is 36.4 Å². The predicted octanol–water partition coefficient (Wildman–Crippen LogP) is 3.15. The van der Waals surface area contributed by atoms with E-state index in [-0.39, 0.29) is 24.1 Å². The van der Waals surface area contributed by atoms with Gasteiger partial charge in [-0.15, -0.1) is 0 Å². The molecular weight excluding hydrogens is 428 g/mol. The second kappa shape index (κ2) is 9.32. The van der Waals surface area contributed by atoms with Crippen molar-refractivity contribution in [2.24, 2.45) is 0 Å². The molecular formula is C24H24N2O5S. The first kappa shape index (κ1) is 21.7. The molecule has 3 aromatic carbocycles. The quantitative estimate of drug-likeness (QED) is 0.595. The molecule has 1 aliphatic heterocycles. The molecule has 0 bridgehead atoms. The van der Waals surface area contributed by atoms with Crippen LogP contribution in [0.4, 0.5) is 5.69 Å². The van der Waals surface area contributed by atoms with Crippen LogP contribution in [0, 0.1) is 6.92 Å². The molecule has 166 valence electrons. The van der Waals surface area contributed by atoms with Crippen LogP contribution in [0.15, 0.2) is 83.8 Å². The summed E-state index contributed by atoms with van der Waals surface area (Å²) in [5, 5.41) is 2.77. The summed E-state index contributed by atoms with van der Waals surface area (Å²) in [6.45, 7) is 2.04. The zero-order valence-electron chi connectivity index (χ0n) is 17.6. The van der Waals surface area contributed by atoms with Crippen molar-refractivity contribution in [1.29, 1.82) is 0 Å². The molecule has 0 unspecified atom stereocenters. The molecule has 0 fully saturated rings. The lowest BCUT2D eigenvalue weighted by Gasteiger charge is -2.27. The fourth-order valence-corrected chi connectivity index (χ4v) is 4.77. The highest BCUT2D eigenvalue weighted by Crippen LogP contribution is 2.30. The van der Waals surface area contributed by atoms with Crippen LogP contribution in [0.1, 0.15) is 5.56 Å². The summed E-state index contributed by atoms with van der Waals surface area (Å²) in [6, 6.07) is 22.4. The first-order chi connectivity index (χ1) is 15.4. The molecule has 4 rings (SSSR count). The number of benzene rings is 3. The highest BCUT2D eigenvalue weighted by Gasteiger charge is 2.28. The number of hydrogen-bond acceptors (Lipinski definition) is 5. The van der Waals surface area contributed by atoms with E-state index in [0.717, 1.165) is 9.87 Å². The summed E-state index contributed by atoms with van der Waals surface area (Å²) < 4.78 is 39.2. The van der Waals surface area contributed by atoms with Crippen molar-refractivity contribution >= 4 is 21.6 Å². The Labute approximate surface area is 187 Å². The third kappa shape index (κ3) is 4.86. The van der Waals surface area contributed by atoms with Crippen LogP contribution in [0.3, 0.4) is 0 Å². The molecule has 0 saturated carbocycles. The summed E-state index contributed by atoms with van der Waals surface area (Å²) in [5.41, 5.74) is 1.41. The molecule has 1 N–H and O–H groups in total. The number of anilines is 1. The minimum absolute atomic E-state index is 0.119. The number of carbonyl (C=O) groups is 1. The third-order valence-corrected chi connectivity index (χ3v) is 6.82. The molecule has 0 spiro atoms. The smallest absolute Gasteiger partial charge is 0.264 e. The highest BCUT2D eigenvalue weighted by molar-refractivity contribution is 7.92. The van der Waals surface area contributed by atoms with Crippen molar-refractivity contribution in [3.63, 3.8) is 0 Å². The van der Waals surface area contributed by atoms with Gasteiger partial charge in [-0.2, -0.15) is 0 Å². The van der Waals surface area contributed by atoms with E-state index in [2.05, 4.69) is 5.32 Å². The lowest BCUT2D eigenvalue weighted by atomic mass is 10.2. The number of aryl methyl sites for hydroxylation is 1. The molecule has 32 heavy (non-hydrogen) atoms. The molecule has 1 aliphatic rings. The van der Waals surface area contributed by atoms with Gasteiger partial charge in [-0.1, -0.05) is 48.0 Å². The van der Waals surface area contributed by atoms with E-state index >= 15 is 0 Å². The SMILES string of the molecule is Cc1ccc(N(CC(=O)NC[C@@H]2COc3ccccc3O2)S(=O)(=O)c2ccccc2)cc1. The van der Waals surface area contributed by atoms with Crippen molar-refractivity contribution in [3.05, 3.63) is 84.4 Å². The van der Waals surface area contributed by atoms with Gasteiger partial charge in [0.25, 0.3) is 10.0 Å². The Morgan fingerprint density at radius 2 is 1.62 bits per heavy atom. The van der Waals surface area contributed by atoms with Gasteiger partial charge in [0.15, 0.2) is 11.5 Å². The van der Waals surface area contributed by atoms with Gasteiger partial charge in [-0.25, -0.2) is 8.42 Å². The molecule has 0 aromatic heterocycles. The number of carbonyl (C=O) groups excluding carboxylic acids is 1. The number of rotatable bonds is 7. The molecule has 1 atom stereocenters. The van der Waals surface area contributed by atoms with Crippen molar-refractivity contribution in [1.82, 2.24) is 5.32 Å². The standard InChI is InChI=1S/C24H24N2O5S/c1-18-11-13-19(14-12-18)26(32(28,29)21-7-3-2-4-8-21)16-24(27)25-15-20-17-30-22-9-5-6-10-23(22)31-20/h2-14,20H,15-17H2,1H3,(H,25,27)/t20-/m1/s1. The fraction of sp³-hybridized carbons (Fsp3) is 0.208. The minimum atomic E-state index is -3.93. The lowest BCUT2D eigenvalue weighted by molar-refractivity contribution is -0.120. The molecule has 1 heterocycles. The van der Waals surface area contributed by atoms with Gasteiger partial charge in [0.2, 0.25) is 5.91 Å². The van der Waals surface area contributed by atoms with Gasteiger partial charge >= 0.3 is 0 Å². The molecule has 3 aromatic rings. The Hall–Kier alpha value is -3.52. The van der Waals surface area contributed by atoms with E-state index in [4.69, 9.17) is 9.47 Å². The zero-order chi connectivity index (χ0) is 22.6. The van der Waals surface area contributed by atoms with E-state index in [0.29, 0.717) is 23.8 Å². The highest BCUT2D eigenvalue weighted by atomic mass is 32.2. The van der Waals surface area contributed by atoms with Crippen LogP contribution in [0.25, 0.3) is 0 Å². The van der Waals surface area contributed by atoms with Crippen LogP contribution < -0.4 is 19.1 Å². The van der Waals surface area contributed by atoms with E-state index in [1.165, 1.54) is 12.1 Å². The van der Waals surface area contributed by atoms with E-state index < -0.39 is 15.9 Å². The normalized spacial score (nSPS) is 15.1. The summed E-state index contributed by atoms with van der Waals surface area (Å²) in [6.07, 6.45) is -0.368. The van der Waals surface area contributed by atoms with Crippen molar-refractivity contribution in [3.8, 4) is 11.5 Å². The van der Waals surface area contributed by atoms with Crippen molar-refractivity contribution in [2.75, 3.05) is 24.0 Å². The predicted molar refractivity (Wildman–Crippen MR) is 122 cm³/mol. The number of sulfonamides is 1. The van der Waals surface area contributed by atoms with Crippen LogP contribution in [-0.2, 0) is 14.8 Å². The molecule has 0 aliphatic carbocycles. The van der Waals surface area contributed by atoms with E-state index in [9.17, 15) is 13.2 Å². The maximum absolute atomic E-state index is 13.3. The molecule has 7 nitrogen and oxygen atoms in total. The number of ether oxygens (including phenoxy) is 2. The molecule has 8 heteroatoms. The summed E-state index contributed by atoms with van der Waals surface area (Å²) in [5.74, 6) is 0.841. The largest absolute Gasteiger partial charge is 0.486 e. The number of nitrogens with zero attached hydrogens (tertiary/aromatic N) is 1. The Kier molecular flexibility index (Phi) is 6.32. The minimum Gasteiger partial charge on any atom is -0.486 e. The first-order valence-corrected chi connectivity index (χ1v) is 11.7. The van der Waals surface area contributed by atoms with Crippen molar-refractivity contribution in [2.45, 2.75) is 17.9 Å². The molecule has 0 saturated heterocycles. The lowest BCUT2D eigenvalue weighted by Crippen LogP contribution is -2.45. The summed E-state index contributed by atoms with van der Waals surface area (Å²) >= 11 is 0. The van der Waals surface area contributed by atoms with E-state index in [1.807, 2.05) is 37.3 Å². The third-order valence-electron chi connectivity index (χ3n) is 5.03. The van der Waals surface area contributed by atoms with Gasteiger partial charge in [0.1, 0.15) is 19.3 Å². The van der Waals surface area contributed by atoms with Gasteiger partial charge in [-0.3, -0.25) is 9.10 Å². The van der Waals surface area contributed by atoms with Gasteiger partial charge in [0.05, 0.1) is 17.1 Å². The molecule has 0 radical (unpaired) electrons. The van der Waals surface area contributed by atoms with Crippen molar-refractivity contribution < 1.29 is 22.7 Å². The Morgan fingerprint density at radius 3 is 2.34 bits per heavy atom. The zero-order valence-corrected chi connectivity index (χ0v) is 18.4. The Morgan fingerprint density at radius 1 is 0.969 bits per heavy atom. The van der Waals surface area contributed by atoms with Crippen LogP contribution in [0.5, 0.6) is 11.5 Å². The number of amides is 1. The monoisotopic (exact) mass is 452 g/mol. The second-order valence-electron chi connectivity index (χ2n) is 7.46. The van der Waals surface area contributed by atoms with Gasteiger partial charge < -0.3 is 14.8 Å². The average molecular weight is 453 g/mol. The molecule has 1 amide bonds. The fourth-order valence-electron chi connectivity index (χ4n) is 3.32. The summed E-state index contributed by atoms with van der Waals surface area (Å²) in [4.78, 5) is 12.9. The van der Waals surface area contributed by atoms with Gasteiger partial charge in [0, 0.05) is 0 Å². The number of para-hydroxylation sites is 2. The first-order valence-electron chi connectivity index (χ1n) is 10.2. The average Bonchev–Trinajstić information content (AvgIpc) is 2.82. The Bertz CT molecular complexity index is 1180.